The van der Waals surface area contributed by atoms with E-state index in [4.69, 9.17) is 23.1 Å². The summed E-state index contributed by atoms with van der Waals surface area (Å²) in [7, 11) is -0.891. The second kappa shape index (κ2) is 19.6. The molecule has 48 heavy (non-hydrogen) atoms. The number of hydrogen-bond acceptors (Lipinski definition) is 9. The van der Waals surface area contributed by atoms with E-state index < -0.39 is 8.56 Å². The molecule has 2 aromatic rings. The smallest absolute Gasteiger partial charge is 0.337 e. The summed E-state index contributed by atoms with van der Waals surface area (Å²) in [6, 6.07) is 18.6. The summed E-state index contributed by atoms with van der Waals surface area (Å²) in [6.07, 6.45) is 2.72. The largest absolute Gasteiger partial charge is 0.497 e. The van der Waals surface area contributed by atoms with Crippen LogP contribution in [0.5, 0.6) is 5.75 Å². The van der Waals surface area contributed by atoms with Crippen molar-refractivity contribution >= 4 is 26.3 Å². The lowest BCUT2D eigenvalue weighted by molar-refractivity contribution is -0.145. The van der Waals surface area contributed by atoms with Crippen LogP contribution < -0.4 is 10.1 Å². The van der Waals surface area contributed by atoms with Gasteiger partial charge in [0.2, 0.25) is 11.8 Å². The van der Waals surface area contributed by atoms with Gasteiger partial charge in [0, 0.05) is 52.2 Å². The summed E-state index contributed by atoms with van der Waals surface area (Å²) in [4.78, 5) is 42.7. The Labute approximate surface area is 286 Å². The summed E-state index contributed by atoms with van der Waals surface area (Å²) in [5.74, 6) is 0.362. The van der Waals surface area contributed by atoms with Gasteiger partial charge in [0.25, 0.3) is 0 Å². The SMILES string of the molecule is CC[Si](CC)(OCC1CN(C(=O)CCCC(=O)OCc2ccccc2)CCN1CC(=O)NCc1ccc(OC)cc1)OC1CCOCC1. The maximum Gasteiger partial charge on any atom is 0.337 e. The minimum atomic E-state index is -2.51. The molecule has 11 nitrogen and oxygen atoms in total. The van der Waals surface area contributed by atoms with Crippen LogP contribution in [0, 0.1) is 0 Å². The third kappa shape index (κ3) is 12.0. The number of esters is 1. The molecule has 0 bridgehead atoms. The van der Waals surface area contributed by atoms with Crippen LogP contribution in [0.2, 0.25) is 12.1 Å². The fraction of sp³-hybridized carbons (Fsp3) is 0.583. The highest BCUT2D eigenvalue weighted by atomic mass is 28.4. The molecule has 2 heterocycles. The monoisotopic (exact) mass is 683 g/mol. The molecule has 1 atom stereocenters. The van der Waals surface area contributed by atoms with Crippen LogP contribution in [0.1, 0.15) is 57.1 Å². The fourth-order valence-corrected chi connectivity index (χ4v) is 8.67. The summed E-state index contributed by atoms with van der Waals surface area (Å²) < 4.78 is 29.6. The van der Waals surface area contributed by atoms with Crippen LogP contribution in [0.3, 0.4) is 0 Å². The van der Waals surface area contributed by atoms with Crippen molar-refractivity contribution in [2.45, 2.75) is 83.3 Å². The van der Waals surface area contributed by atoms with Crippen LogP contribution in [0.15, 0.2) is 54.6 Å². The van der Waals surface area contributed by atoms with Crippen molar-refractivity contribution in [2.75, 3.05) is 53.1 Å². The van der Waals surface area contributed by atoms with Gasteiger partial charge in [-0.1, -0.05) is 56.3 Å². The first-order valence-electron chi connectivity index (χ1n) is 17.3. The van der Waals surface area contributed by atoms with E-state index in [1.807, 2.05) is 59.5 Å². The highest BCUT2D eigenvalue weighted by Gasteiger charge is 2.39. The summed E-state index contributed by atoms with van der Waals surface area (Å²) >= 11 is 0. The molecule has 4 rings (SSSR count). The van der Waals surface area contributed by atoms with E-state index in [-0.39, 0.29) is 55.9 Å². The molecule has 1 N–H and O–H groups in total. The molecule has 2 saturated heterocycles. The molecule has 2 amide bonds. The first-order valence-corrected chi connectivity index (χ1v) is 19.6. The average Bonchev–Trinajstić information content (AvgIpc) is 3.13. The van der Waals surface area contributed by atoms with Gasteiger partial charge in [-0.3, -0.25) is 19.3 Å². The molecule has 0 aliphatic carbocycles. The highest BCUT2D eigenvalue weighted by Crippen LogP contribution is 2.26. The molecule has 0 aromatic heterocycles. The van der Waals surface area contributed by atoms with E-state index in [1.165, 1.54) is 0 Å². The van der Waals surface area contributed by atoms with Gasteiger partial charge in [-0.25, -0.2) is 0 Å². The number of hydrogen-bond donors (Lipinski definition) is 1. The molecular weight excluding hydrogens is 630 g/mol. The zero-order valence-electron chi connectivity index (χ0n) is 28.8. The highest BCUT2D eigenvalue weighted by molar-refractivity contribution is 6.67. The lowest BCUT2D eigenvalue weighted by atomic mass is 10.1. The first-order chi connectivity index (χ1) is 23.3. The molecule has 264 valence electrons. The number of piperazine rings is 1. The van der Waals surface area contributed by atoms with Gasteiger partial charge in [0.1, 0.15) is 12.4 Å². The van der Waals surface area contributed by atoms with Gasteiger partial charge in [-0.2, -0.15) is 0 Å². The van der Waals surface area contributed by atoms with E-state index in [2.05, 4.69) is 24.1 Å². The number of carbonyl (C=O) groups excluding carboxylic acids is 3. The molecule has 0 saturated carbocycles. The average molecular weight is 684 g/mol. The molecule has 0 spiro atoms. The quantitative estimate of drug-likeness (QED) is 0.180. The number of benzene rings is 2. The Morgan fingerprint density at radius 1 is 0.938 bits per heavy atom. The van der Waals surface area contributed by atoms with E-state index in [9.17, 15) is 14.4 Å². The van der Waals surface area contributed by atoms with Gasteiger partial charge < -0.3 is 33.3 Å². The third-order valence-electron chi connectivity index (χ3n) is 9.13. The van der Waals surface area contributed by atoms with Crippen molar-refractivity contribution in [3.63, 3.8) is 0 Å². The number of nitrogens with one attached hydrogen (secondary N) is 1. The van der Waals surface area contributed by atoms with E-state index >= 15 is 0 Å². The Kier molecular flexibility index (Phi) is 15.4. The normalized spacial score (nSPS) is 17.6. The summed E-state index contributed by atoms with van der Waals surface area (Å²) in [5.41, 5.74) is 1.91. The lowest BCUT2D eigenvalue weighted by Gasteiger charge is -2.43. The van der Waals surface area contributed by atoms with E-state index in [1.54, 1.807) is 7.11 Å². The van der Waals surface area contributed by atoms with Crippen LogP contribution in [0.4, 0.5) is 0 Å². The van der Waals surface area contributed by atoms with Gasteiger partial charge in [0.15, 0.2) is 0 Å². The Hall–Kier alpha value is -3.29. The van der Waals surface area contributed by atoms with E-state index in [0.717, 1.165) is 41.8 Å². The predicted molar refractivity (Wildman–Crippen MR) is 184 cm³/mol. The van der Waals surface area contributed by atoms with Crippen LogP contribution in [-0.4, -0.2) is 101 Å². The van der Waals surface area contributed by atoms with Gasteiger partial charge >= 0.3 is 14.5 Å². The molecule has 2 fully saturated rings. The molecule has 12 heteroatoms. The number of nitrogens with zero attached hydrogens (tertiary/aromatic N) is 2. The topological polar surface area (TPSA) is 116 Å². The molecule has 0 radical (unpaired) electrons. The van der Waals surface area contributed by atoms with Crippen LogP contribution in [-0.2, 0) is 45.9 Å². The zero-order valence-corrected chi connectivity index (χ0v) is 29.8. The minimum absolute atomic E-state index is 0.00702. The van der Waals surface area contributed by atoms with Gasteiger partial charge in [-0.05, 0) is 54.6 Å². The zero-order chi connectivity index (χ0) is 34.2. The molecule has 2 aliphatic rings. The molecule has 1 unspecified atom stereocenters. The van der Waals surface area contributed by atoms with Gasteiger partial charge in [0.05, 0.1) is 32.4 Å². The maximum atomic E-state index is 13.3. The number of amides is 2. The van der Waals surface area contributed by atoms with Crippen molar-refractivity contribution in [1.29, 1.82) is 0 Å². The van der Waals surface area contributed by atoms with Crippen molar-refractivity contribution < 1.29 is 37.4 Å². The lowest BCUT2D eigenvalue weighted by Crippen LogP contribution is -2.59. The Balaban J connectivity index is 1.32. The second-order valence-corrected chi connectivity index (χ2v) is 16.2. The van der Waals surface area contributed by atoms with Crippen molar-refractivity contribution in [3.8, 4) is 5.75 Å². The molecule has 2 aliphatic heterocycles. The van der Waals surface area contributed by atoms with Crippen molar-refractivity contribution in [3.05, 3.63) is 65.7 Å². The molecule has 2 aromatic carbocycles. The Bertz CT molecular complexity index is 1270. The van der Waals surface area contributed by atoms with Crippen molar-refractivity contribution in [1.82, 2.24) is 15.1 Å². The summed E-state index contributed by atoms with van der Waals surface area (Å²) in [5, 5.41) is 3.03. The predicted octanol–water partition coefficient (Wildman–Crippen LogP) is 4.43. The maximum absolute atomic E-state index is 13.3. The number of carbonyl (C=O) groups is 3. The second-order valence-electron chi connectivity index (χ2n) is 12.4. The number of ether oxygens (including phenoxy) is 3. The van der Waals surface area contributed by atoms with Crippen LogP contribution in [0.25, 0.3) is 0 Å². The minimum Gasteiger partial charge on any atom is -0.497 e. The van der Waals surface area contributed by atoms with Crippen molar-refractivity contribution in [2.24, 2.45) is 0 Å². The van der Waals surface area contributed by atoms with E-state index in [0.29, 0.717) is 52.4 Å². The first kappa shape index (κ1) is 37.5. The number of methoxy groups -OCH3 is 1. The fourth-order valence-electron chi connectivity index (χ4n) is 6.02. The number of rotatable bonds is 18. The third-order valence-corrected chi connectivity index (χ3v) is 12.7. The summed E-state index contributed by atoms with van der Waals surface area (Å²) in [6.45, 7) is 8.36. The Morgan fingerprint density at radius 3 is 2.35 bits per heavy atom. The van der Waals surface area contributed by atoms with Crippen LogP contribution >= 0.6 is 0 Å². The van der Waals surface area contributed by atoms with Gasteiger partial charge in [-0.15, -0.1) is 0 Å². The Morgan fingerprint density at radius 2 is 1.67 bits per heavy atom. The standard InChI is InChI=1S/C36H53N3O8Si/c1-4-48(5-2,47-33-18-22-44-23-19-33)46-28-31-25-39(35(41)12-9-13-36(42)45-27-30-10-7-6-8-11-30)21-20-38(31)26-34(40)37-24-29-14-16-32(43-3)17-15-29/h6-8,10-11,14-17,31,33H,4-5,9,12-13,18-28H2,1-3H3,(H,37,40). The molecular formula is C36H53N3O8Si.